The minimum atomic E-state index is -1.24. The summed E-state index contributed by atoms with van der Waals surface area (Å²) in [6, 6.07) is 0. The summed E-state index contributed by atoms with van der Waals surface area (Å²) in [4.78, 5) is 36.0. The number of thioether (sulfide) groups is 1. The van der Waals surface area contributed by atoms with Gasteiger partial charge in [0.25, 0.3) is 5.91 Å². The molecule has 7 heteroatoms. The highest BCUT2D eigenvalue weighted by Crippen LogP contribution is 2.38. The molecule has 1 aromatic heterocycles. The number of fused-ring (bicyclic) bond motifs is 1. The lowest BCUT2D eigenvalue weighted by molar-refractivity contribution is 0.0724. The van der Waals surface area contributed by atoms with Gasteiger partial charge < -0.3 is 5.11 Å². The monoisotopic (exact) mass is 285 g/mol. The van der Waals surface area contributed by atoms with Crippen molar-refractivity contribution >= 4 is 40.9 Å². The van der Waals surface area contributed by atoms with Gasteiger partial charge in [-0.3, -0.25) is 9.59 Å². The molecule has 0 bridgehead atoms. The zero-order chi connectivity index (χ0) is 13.4. The molecule has 1 aliphatic heterocycles. The van der Waals surface area contributed by atoms with Crippen LogP contribution in [-0.4, -0.2) is 40.6 Å². The molecule has 96 valence electrons. The molecule has 2 amide bonds. The van der Waals surface area contributed by atoms with Gasteiger partial charge in [0.1, 0.15) is 0 Å². The van der Waals surface area contributed by atoms with E-state index in [-0.39, 0.29) is 12.3 Å². The van der Waals surface area contributed by atoms with Gasteiger partial charge in [-0.25, -0.2) is 9.69 Å². The predicted octanol–water partition coefficient (Wildman–Crippen LogP) is 2.35. The minimum absolute atomic E-state index is 0.0758. The van der Waals surface area contributed by atoms with Crippen LogP contribution in [0.2, 0.25) is 0 Å². The van der Waals surface area contributed by atoms with E-state index in [1.54, 1.807) is 0 Å². The Morgan fingerprint density at radius 2 is 2.11 bits per heavy atom. The topological polar surface area (TPSA) is 74.7 Å². The van der Waals surface area contributed by atoms with Crippen LogP contribution >= 0.6 is 23.1 Å². The first-order valence-electron chi connectivity index (χ1n) is 5.22. The number of Topliss-reactive ketones (excluding diaryl/α,β-unsaturated/α-hetero) is 1. The van der Waals surface area contributed by atoms with Gasteiger partial charge in [-0.15, -0.1) is 23.1 Å². The van der Waals surface area contributed by atoms with E-state index >= 15 is 0 Å². The third-order valence-corrected chi connectivity index (χ3v) is 5.21. The predicted molar refractivity (Wildman–Crippen MR) is 68.9 cm³/mol. The Morgan fingerprint density at radius 3 is 2.61 bits per heavy atom. The first kappa shape index (κ1) is 13.1. The van der Waals surface area contributed by atoms with E-state index in [2.05, 4.69) is 0 Å². The standard InChI is InChI=1S/C11H11NO4S2/c1-5(13)8-6-3-4-12(11(15)16)9(14)7(6)10(17-2)18-8/h3-4H2,1-2H3,(H,15,16). The van der Waals surface area contributed by atoms with E-state index in [1.807, 2.05) is 6.26 Å². The van der Waals surface area contributed by atoms with Gasteiger partial charge in [-0.05, 0) is 25.2 Å². The van der Waals surface area contributed by atoms with Crippen LogP contribution < -0.4 is 0 Å². The molecule has 2 rings (SSSR count). The molecule has 18 heavy (non-hydrogen) atoms. The lowest BCUT2D eigenvalue weighted by Gasteiger charge is -2.23. The maximum atomic E-state index is 12.1. The van der Waals surface area contributed by atoms with Crippen LogP contribution in [0, 0.1) is 0 Å². The summed E-state index contributed by atoms with van der Waals surface area (Å²) in [5.41, 5.74) is 1.10. The lowest BCUT2D eigenvalue weighted by Crippen LogP contribution is -2.41. The van der Waals surface area contributed by atoms with Crippen molar-refractivity contribution in [1.29, 1.82) is 0 Å². The lowest BCUT2D eigenvalue weighted by atomic mass is 10.0. The first-order valence-corrected chi connectivity index (χ1v) is 7.26. The van der Waals surface area contributed by atoms with Crippen LogP contribution in [-0.2, 0) is 6.42 Å². The number of thiophene rings is 1. The summed E-state index contributed by atoms with van der Waals surface area (Å²) in [7, 11) is 0. The molecule has 0 spiro atoms. The van der Waals surface area contributed by atoms with Gasteiger partial charge in [0.2, 0.25) is 0 Å². The fraction of sp³-hybridized carbons (Fsp3) is 0.364. The first-order chi connectivity index (χ1) is 8.47. The minimum Gasteiger partial charge on any atom is -0.465 e. The summed E-state index contributed by atoms with van der Waals surface area (Å²) < 4.78 is 0.714. The highest BCUT2D eigenvalue weighted by molar-refractivity contribution is 8.00. The van der Waals surface area contributed by atoms with E-state index in [1.165, 1.54) is 30.0 Å². The van der Waals surface area contributed by atoms with Crippen molar-refractivity contribution in [3.05, 3.63) is 16.0 Å². The van der Waals surface area contributed by atoms with Gasteiger partial charge in [0.15, 0.2) is 5.78 Å². The molecule has 0 aromatic carbocycles. The van der Waals surface area contributed by atoms with E-state index in [9.17, 15) is 14.4 Å². The molecule has 0 radical (unpaired) electrons. The van der Waals surface area contributed by atoms with E-state index < -0.39 is 12.0 Å². The van der Waals surface area contributed by atoms with E-state index in [0.29, 0.717) is 26.6 Å². The molecule has 0 saturated heterocycles. The van der Waals surface area contributed by atoms with Gasteiger partial charge in [-0.1, -0.05) is 0 Å². The molecule has 2 heterocycles. The molecular weight excluding hydrogens is 274 g/mol. The number of ketones is 1. The second kappa shape index (κ2) is 4.74. The Bertz CT molecular complexity index is 549. The number of hydrogen-bond donors (Lipinski definition) is 1. The van der Waals surface area contributed by atoms with Crippen molar-refractivity contribution in [1.82, 2.24) is 4.90 Å². The Hall–Kier alpha value is -1.34. The van der Waals surface area contributed by atoms with Crippen molar-refractivity contribution < 1.29 is 19.5 Å². The SMILES string of the molecule is CSc1sc(C(C)=O)c2c1C(=O)N(C(=O)O)CC2. The number of amides is 2. The van der Waals surface area contributed by atoms with Crippen LogP contribution in [0.25, 0.3) is 0 Å². The van der Waals surface area contributed by atoms with Crippen LogP contribution in [0.3, 0.4) is 0 Å². The summed E-state index contributed by atoms with van der Waals surface area (Å²) >= 11 is 2.64. The van der Waals surface area contributed by atoms with Crippen molar-refractivity contribution in [3.8, 4) is 0 Å². The van der Waals surface area contributed by atoms with Crippen LogP contribution in [0.15, 0.2) is 4.21 Å². The number of hydrogen-bond acceptors (Lipinski definition) is 5. The van der Waals surface area contributed by atoms with E-state index in [0.717, 1.165) is 4.90 Å². The third-order valence-electron chi connectivity index (χ3n) is 2.76. The number of rotatable bonds is 2. The van der Waals surface area contributed by atoms with Crippen molar-refractivity contribution in [3.63, 3.8) is 0 Å². The number of carbonyl (C=O) groups is 3. The zero-order valence-corrected chi connectivity index (χ0v) is 11.5. The van der Waals surface area contributed by atoms with Crippen molar-refractivity contribution in [2.45, 2.75) is 17.6 Å². The fourth-order valence-electron chi connectivity index (χ4n) is 1.97. The molecule has 0 aliphatic carbocycles. The molecule has 0 saturated carbocycles. The van der Waals surface area contributed by atoms with Gasteiger partial charge in [0.05, 0.1) is 14.6 Å². The quantitative estimate of drug-likeness (QED) is 0.667. The molecular formula is C11H11NO4S2. The second-order valence-corrected chi connectivity index (χ2v) is 5.92. The van der Waals surface area contributed by atoms with E-state index in [4.69, 9.17) is 5.11 Å². The van der Waals surface area contributed by atoms with Crippen molar-refractivity contribution in [2.75, 3.05) is 12.8 Å². The third kappa shape index (κ3) is 1.93. The smallest absolute Gasteiger partial charge is 0.414 e. The Kier molecular flexibility index (Phi) is 3.45. The van der Waals surface area contributed by atoms with Gasteiger partial charge in [0, 0.05) is 6.54 Å². The maximum Gasteiger partial charge on any atom is 0.414 e. The summed E-state index contributed by atoms with van der Waals surface area (Å²) in [6.45, 7) is 1.58. The van der Waals surface area contributed by atoms with Gasteiger partial charge in [-0.2, -0.15) is 0 Å². The Labute approximate surface area is 112 Å². The van der Waals surface area contributed by atoms with Crippen LogP contribution in [0.5, 0.6) is 0 Å². The highest BCUT2D eigenvalue weighted by atomic mass is 32.2. The number of carboxylic acid groups (broad SMARTS) is 1. The van der Waals surface area contributed by atoms with Crippen LogP contribution in [0.4, 0.5) is 4.79 Å². The molecule has 0 unspecified atom stereocenters. The molecule has 0 fully saturated rings. The maximum absolute atomic E-state index is 12.1. The normalized spacial score (nSPS) is 14.6. The average Bonchev–Trinajstić information content (AvgIpc) is 2.68. The number of nitrogens with zero attached hydrogens (tertiary/aromatic N) is 1. The molecule has 5 nitrogen and oxygen atoms in total. The second-order valence-electron chi connectivity index (χ2n) is 3.82. The summed E-state index contributed by atoms with van der Waals surface area (Å²) in [5.74, 6) is -0.593. The van der Waals surface area contributed by atoms with Crippen LogP contribution in [0.1, 0.15) is 32.5 Å². The Morgan fingerprint density at radius 1 is 1.44 bits per heavy atom. The van der Waals surface area contributed by atoms with Gasteiger partial charge >= 0.3 is 6.09 Å². The largest absolute Gasteiger partial charge is 0.465 e. The molecule has 1 aliphatic rings. The zero-order valence-electron chi connectivity index (χ0n) is 9.85. The Balaban J connectivity index is 2.57. The molecule has 1 aromatic rings. The van der Waals surface area contributed by atoms with Crippen molar-refractivity contribution in [2.24, 2.45) is 0 Å². The molecule has 0 atom stereocenters. The summed E-state index contributed by atoms with van der Waals surface area (Å²) in [5, 5.41) is 8.95. The summed E-state index contributed by atoms with van der Waals surface area (Å²) in [6.07, 6.45) is 0.982. The highest BCUT2D eigenvalue weighted by Gasteiger charge is 2.35. The number of imide groups is 1. The molecule has 1 N–H and O–H groups in total. The average molecular weight is 285 g/mol. The number of carbonyl (C=O) groups excluding carboxylic acids is 2. The fourth-order valence-corrected chi connectivity index (χ4v) is 3.93.